The zero-order chi connectivity index (χ0) is 12.1. The normalized spacial score (nSPS) is 20.3. The van der Waals surface area contributed by atoms with Crippen LogP contribution in [0.1, 0.15) is 36.2 Å². The predicted molar refractivity (Wildman–Crippen MR) is 76.0 cm³/mol. The van der Waals surface area contributed by atoms with Gasteiger partial charge in [-0.15, -0.1) is 21.5 Å². The molecular weight excluding hydrogens is 250 g/mol. The average Bonchev–Trinajstić information content (AvgIpc) is 2.94. The largest absolute Gasteiger partial charge is 0.316 e. The molecule has 1 atom stereocenters. The van der Waals surface area contributed by atoms with Gasteiger partial charge < -0.3 is 5.32 Å². The highest BCUT2D eigenvalue weighted by Gasteiger charge is 2.21. The minimum atomic E-state index is 0.676. The Labute approximate surface area is 112 Å². The highest BCUT2D eigenvalue weighted by molar-refractivity contribution is 7.99. The maximum absolute atomic E-state index is 4.34. The number of rotatable bonds is 6. The highest BCUT2D eigenvalue weighted by Crippen LogP contribution is 2.33. The fraction of sp³-hybridized carbons (Fsp3) is 0.833. The van der Waals surface area contributed by atoms with Crippen LogP contribution in [0, 0.1) is 5.92 Å². The Balaban J connectivity index is 1.74. The van der Waals surface area contributed by atoms with Gasteiger partial charge in [0.25, 0.3) is 0 Å². The van der Waals surface area contributed by atoms with Crippen LogP contribution in [0.25, 0.3) is 0 Å². The summed E-state index contributed by atoms with van der Waals surface area (Å²) in [5.41, 5.74) is 0. The summed E-state index contributed by atoms with van der Waals surface area (Å²) < 4.78 is 0. The van der Waals surface area contributed by atoms with Crippen molar-refractivity contribution in [2.24, 2.45) is 5.92 Å². The number of hydrogen-bond donors (Lipinski definition) is 1. The van der Waals surface area contributed by atoms with Crippen LogP contribution in [0.15, 0.2) is 0 Å². The molecular formula is C12H21N3S2. The molecule has 0 spiro atoms. The van der Waals surface area contributed by atoms with Crippen LogP contribution < -0.4 is 5.32 Å². The molecule has 1 aromatic heterocycles. The molecule has 1 unspecified atom stereocenters. The second-order valence-electron chi connectivity index (χ2n) is 4.94. The molecule has 2 heterocycles. The average molecular weight is 271 g/mol. The van der Waals surface area contributed by atoms with E-state index in [2.05, 4.69) is 29.4 Å². The van der Waals surface area contributed by atoms with Crippen LogP contribution in [0.4, 0.5) is 0 Å². The van der Waals surface area contributed by atoms with Crippen LogP contribution in [-0.4, -0.2) is 34.8 Å². The van der Waals surface area contributed by atoms with Gasteiger partial charge in [-0.05, 0) is 24.6 Å². The van der Waals surface area contributed by atoms with Crippen molar-refractivity contribution in [2.45, 2.75) is 32.6 Å². The molecule has 96 valence electrons. The third-order valence-corrected chi connectivity index (χ3v) is 5.14. The molecule has 3 nitrogen and oxygen atoms in total. The first-order chi connectivity index (χ1) is 8.25. The summed E-state index contributed by atoms with van der Waals surface area (Å²) in [6, 6.07) is 0. The summed E-state index contributed by atoms with van der Waals surface area (Å²) in [7, 11) is 0. The third kappa shape index (κ3) is 4.23. The van der Waals surface area contributed by atoms with E-state index in [0.717, 1.165) is 25.4 Å². The standard InChI is InChI=1S/C12H21N3S2/c1-9(2)7-13-5-3-11-14-15-12(17-11)10-4-6-16-8-10/h9-10,13H,3-8H2,1-2H3. The lowest BCUT2D eigenvalue weighted by molar-refractivity contribution is 0.553. The van der Waals surface area contributed by atoms with Gasteiger partial charge in [0.05, 0.1) is 0 Å². The van der Waals surface area contributed by atoms with E-state index in [1.807, 2.05) is 23.1 Å². The SMILES string of the molecule is CC(C)CNCCc1nnc(C2CCSC2)s1. The van der Waals surface area contributed by atoms with E-state index < -0.39 is 0 Å². The third-order valence-electron chi connectivity index (χ3n) is 2.83. The second kappa shape index (κ2) is 6.71. The van der Waals surface area contributed by atoms with Crippen LogP contribution in [0.3, 0.4) is 0 Å². The Hall–Kier alpha value is -0.130. The number of aromatic nitrogens is 2. The minimum absolute atomic E-state index is 0.676. The van der Waals surface area contributed by atoms with Gasteiger partial charge in [0.2, 0.25) is 0 Å². The molecule has 1 aliphatic rings. The Morgan fingerprint density at radius 1 is 1.41 bits per heavy atom. The lowest BCUT2D eigenvalue weighted by atomic mass is 10.1. The molecule has 1 aromatic rings. The Kier molecular flexibility index (Phi) is 5.25. The summed E-state index contributed by atoms with van der Waals surface area (Å²) in [5.74, 6) is 3.92. The first kappa shape index (κ1) is 13.3. The zero-order valence-corrected chi connectivity index (χ0v) is 12.2. The topological polar surface area (TPSA) is 37.8 Å². The molecule has 0 aliphatic carbocycles. The first-order valence-electron chi connectivity index (χ1n) is 6.36. The van der Waals surface area contributed by atoms with Crippen molar-refractivity contribution < 1.29 is 0 Å². The monoisotopic (exact) mass is 271 g/mol. The van der Waals surface area contributed by atoms with Crippen LogP contribution in [-0.2, 0) is 6.42 Å². The zero-order valence-electron chi connectivity index (χ0n) is 10.6. The van der Waals surface area contributed by atoms with E-state index in [9.17, 15) is 0 Å². The Morgan fingerprint density at radius 2 is 2.29 bits per heavy atom. The number of hydrogen-bond acceptors (Lipinski definition) is 5. The first-order valence-corrected chi connectivity index (χ1v) is 8.33. The van der Waals surface area contributed by atoms with Gasteiger partial charge >= 0.3 is 0 Å². The maximum atomic E-state index is 4.34. The molecule has 0 bridgehead atoms. The molecule has 1 N–H and O–H groups in total. The molecule has 1 aliphatic heterocycles. The summed E-state index contributed by atoms with van der Waals surface area (Å²) >= 11 is 3.85. The molecule has 1 saturated heterocycles. The summed E-state index contributed by atoms with van der Waals surface area (Å²) in [5, 5.41) is 14.5. The second-order valence-corrected chi connectivity index (χ2v) is 7.19. The fourth-order valence-corrected chi connectivity index (χ4v) is 4.16. The van der Waals surface area contributed by atoms with E-state index >= 15 is 0 Å². The van der Waals surface area contributed by atoms with E-state index in [-0.39, 0.29) is 0 Å². The van der Waals surface area contributed by atoms with E-state index in [0.29, 0.717) is 5.92 Å². The molecule has 0 radical (unpaired) electrons. The molecule has 2 rings (SSSR count). The van der Waals surface area contributed by atoms with Gasteiger partial charge in [-0.25, -0.2) is 0 Å². The summed E-state index contributed by atoms with van der Waals surface area (Å²) in [4.78, 5) is 0. The van der Waals surface area contributed by atoms with Crippen molar-refractivity contribution in [2.75, 3.05) is 24.6 Å². The van der Waals surface area contributed by atoms with Gasteiger partial charge in [0, 0.05) is 24.6 Å². The molecule has 1 fully saturated rings. The number of nitrogens with zero attached hydrogens (tertiary/aromatic N) is 2. The van der Waals surface area contributed by atoms with E-state index in [4.69, 9.17) is 0 Å². The van der Waals surface area contributed by atoms with Crippen molar-refractivity contribution in [1.29, 1.82) is 0 Å². The van der Waals surface area contributed by atoms with Crippen molar-refractivity contribution in [3.8, 4) is 0 Å². The van der Waals surface area contributed by atoms with Crippen LogP contribution >= 0.6 is 23.1 Å². The van der Waals surface area contributed by atoms with Crippen molar-refractivity contribution in [3.05, 3.63) is 10.0 Å². The van der Waals surface area contributed by atoms with Crippen molar-refractivity contribution in [1.82, 2.24) is 15.5 Å². The predicted octanol–water partition coefficient (Wildman–Crippen LogP) is 2.55. The molecule has 0 aromatic carbocycles. The lowest BCUT2D eigenvalue weighted by Gasteiger charge is -2.05. The van der Waals surface area contributed by atoms with E-state index in [1.54, 1.807) is 0 Å². The summed E-state index contributed by atoms with van der Waals surface area (Å²) in [6.45, 7) is 6.57. The Morgan fingerprint density at radius 3 is 3.00 bits per heavy atom. The molecule has 17 heavy (non-hydrogen) atoms. The molecule has 0 saturated carbocycles. The van der Waals surface area contributed by atoms with Gasteiger partial charge in [-0.1, -0.05) is 13.8 Å². The highest BCUT2D eigenvalue weighted by atomic mass is 32.2. The van der Waals surface area contributed by atoms with Crippen molar-refractivity contribution >= 4 is 23.1 Å². The summed E-state index contributed by atoms with van der Waals surface area (Å²) in [6.07, 6.45) is 2.30. The molecule has 5 heteroatoms. The van der Waals surface area contributed by atoms with Gasteiger partial charge in [-0.2, -0.15) is 11.8 Å². The van der Waals surface area contributed by atoms with Gasteiger partial charge in [-0.3, -0.25) is 0 Å². The van der Waals surface area contributed by atoms with E-state index in [1.165, 1.54) is 27.9 Å². The molecule has 0 amide bonds. The number of nitrogens with one attached hydrogen (secondary N) is 1. The lowest BCUT2D eigenvalue weighted by Crippen LogP contribution is -2.22. The smallest absolute Gasteiger partial charge is 0.121 e. The fourth-order valence-electron chi connectivity index (χ4n) is 1.85. The maximum Gasteiger partial charge on any atom is 0.121 e. The van der Waals surface area contributed by atoms with Gasteiger partial charge in [0.15, 0.2) is 0 Å². The van der Waals surface area contributed by atoms with Crippen molar-refractivity contribution in [3.63, 3.8) is 0 Å². The van der Waals surface area contributed by atoms with Crippen LogP contribution in [0.5, 0.6) is 0 Å². The Bertz CT molecular complexity index is 332. The number of thioether (sulfide) groups is 1. The minimum Gasteiger partial charge on any atom is -0.316 e. The quantitative estimate of drug-likeness (QED) is 0.807. The van der Waals surface area contributed by atoms with Gasteiger partial charge in [0.1, 0.15) is 10.0 Å². The van der Waals surface area contributed by atoms with Crippen LogP contribution in [0.2, 0.25) is 0 Å².